The highest BCUT2D eigenvalue weighted by atomic mass is 35.5. The second-order valence-electron chi connectivity index (χ2n) is 3.39. The van der Waals surface area contributed by atoms with Crippen LogP contribution in [0.25, 0.3) is 0 Å². The van der Waals surface area contributed by atoms with Gasteiger partial charge in [0.05, 0.1) is 21.9 Å². The molecule has 0 unspecified atom stereocenters. The highest BCUT2D eigenvalue weighted by Crippen LogP contribution is 2.26. The number of sulfonamides is 1. The highest BCUT2D eigenvalue weighted by molar-refractivity contribution is 7.92. The van der Waals surface area contributed by atoms with Gasteiger partial charge in [-0.1, -0.05) is 35.3 Å². The van der Waals surface area contributed by atoms with Crippen LogP contribution < -0.4 is 4.72 Å². The third kappa shape index (κ3) is 2.75. The number of pyridine rings is 1. The Morgan fingerprint density at radius 2 is 1.78 bits per heavy atom. The topological polar surface area (TPSA) is 59.1 Å². The fourth-order valence-electron chi connectivity index (χ4n) is 1.31. The molecule has 1 heterocycles. The second kappa shape index (κ2) is 5.14. The molecule has 0 aliphatic heterocycles. The molecule has 2 rings (SSSR count). The molecule has 0 saturated heterocycles. The summed E-state index contributed by atoms with van der Waals surface area (Å²) in [6.07, 6.45) is 2.80. The molecule has 1 aromatic carbocycles. The number of hydrogen-bond donors (Lipinski definition) is 1. The quantitative estimate of drug-likeness (QED) is 0.947. The number of aromatic nitrogens is 1. The molecule has 0 atom stereocenters. The van der Waals surface area contributed by atoms with E-state index >= 15 is 0 Å². The molecule has 0 aliphatic rings. The van der Waals surface area contributed by atoms with E-state index in [2.05, 4.69) is 9.71 Å². The van der Waals surface area contributed by atoms with Gasteiger partial charge in [0.1, 0.15) is 4.90 Å². The van der Waals surface area contributed by atoms with Crippen molar-refractivity contribution in [1.82, 2.24) is 4.98 Å². The standard InChI is InChI=1S/C11H8Cl2N2O2S/c12-8-5-6-14-7-10(8)15-18(16,17)11-4-2-1-3-9(11)13/h1-7,15H. The van der Waals surface area contributed by atoms with Crippen LogP contribution in [0.4, 0.5) is 5.69 Å². The van der Waals surface area contributed by atoms with Crippen molar-refractivity contribution >= 4 is 38.9 Å². The Bertz CT molecular complexity index is 674. The Hall–Kier alpha value is -1.30. The molecule has 0 amide bonds. The van der Waals surface area contributed by atoms with Crippen LogP contribution >= 0.6 is 23.2 Å². The molecule has 0 bridgehead atoms. The van der Waals surface area contributed by atoms with Gasteiger partial charge in [-0.15, -0.1) is 0 Å². The van der Waals surface area contributed by atoms with Crippen molar-refractivity contribution in [3.05, 3.63) is 52.8 Å². The molecular weight excluding hydrogens is 295 g/mol. The van der Waals surface area contributed by atoms with Crippen molar-refractivity contribution in [2.24, 2.45) is 0 Å². The van der Waals surface area contributed by atoms with Gasteiger partial charge in [-0.2, -0.15) is 0 Å². The summed E-state index contributed by atoms with van der Waals surface area (Å²) in [6.45, 7) is 0. The van der Waals surface area contributed by atoms with Crippen LogP contribution in [-0.4, -0.2) is 13.4 Å². The van der Waals surface area contributed by atoms with Crippen molar-refractivity contribution in [3.63, 3.8) is 0 Å². The summed E-state index contributed by atoms with van der Waals surface area (Å²) in [7, 11) is -3.77. The minimum absolute atomic E-state index is 0.00779. The Kier molecular flexibility index (Phi) is 3.75. The van der Waals surface area contributed by atoms with Crippen molar-refractivity contribution in [1.29, 1.82) is 0 Å². The molecule has 2 aromatic rings. The fraction of sp³-hybridized carbons (Fsp3) is 0. The molecule has 7 heteroatoms. The van der Waals surface area contributed by atoms with Crippen LogP contribution in [0.3, 0.4) is 0 Å². The molecule has 0 aliphatic carbocycles. The number of benzene rings is 1. The summed E-state index contributed by atoms with van der Waals surface area (Å²) in [6, 6.07) is 7.64. The molecule has 1 N–H and O–H groups in total. The van der Waals surface area contributed by atoms with Crippen LogP contribution in [0.5, 0.6) is 0 Å². The zero-order chi connectivity index (χ0) is 13.2. The highest BCUT2D eigenvalue weighted by Gasteiger charge is 2.18. The van der Waals surface area contributed by atoms with Gasteiger partial charge in [-0.05, 0) is 18.2 Å². The predicted octanol–water partition coefficient (Wildman–Crippen LogP) is 3.19. The maximum absolute atomic E-state index is 12.1. The van der Waals surface area contributed by atoms with Crippen LogP contribution in [0.2, 0.25) is 10.0 Å². The summed E-state index contributed by atoms with van der Waals surface area (Å²) < 4.78 is 26.5. The number of anilines is 1. The normalized spacial score (nSPS) is 11.2. The van der Waals surface area contributed by atoms with E-state index in [1.54, 1.807) is 12.1 Å². The van der Waals surface area contributed by atoms with Gasteiger partial charge in [-0.25, -0.2) is 8.42 Å². The van der Waals surface area contributed by atoms with E-state index in [0.717, 1.165) is 0 Å². The van der Waals surface area contributed by atoms with Gasteiger partial charge in [0.2, 0.25) is 0 Å². The summed E-state index contributed by atoms with van der Waals surface area (Å²) in [5.74, 6) is 0. The molecule has 0 saturated carbocycles. The Labute approximate surface area is 115 Å². The van der Waals surface area contributed by atoms with Gasteiger partial charge < -0.3 is 0 Å². The van der Waals surface area contributed by atoms with Crippen LogP contribution in [0, 0.1) is 0 Å². The van der Waals surface area contributed by atoms with E-state index in [9.17, 15) is 8.42 Å². The van der Waals surface area contributed by atoms with Gasteiger partial charge >= 0.3 is 0 Å². The van der Waals surface area contributed by atoms with Crippen LogP contribution in [0.1, 0.15) is 0 Å². The zero-order valence-electron chi connectivity index (χ0n) is 8.97. The molecular formula is C11H8Cl2N2O2S. The van der Waals surface area contributed by atoms with E-state index in [0.29, 0.717) is 0 Å². The first-order valence-corrected chi connectivity index (χ1v) is 7.11. The van der Waals surface area contributed by atoms with Gasteiger partial charge in [0.15, 0.2) is 0 Å². The Balaban J connectivity index is 2.40. The zero-order valence-corrected chi connectivity index (χ0v) is 11.3. The molecule has 4 nitrogen and oxygen atoms in total. The number of nitrogens with zero attached hydrogens (tertiary/aromatic N) is 1. The lowest BCUT2D eigenvalue weighted by Crippen LogP contribution is -2.13. The van der Waals surface area contributed by atoms with E-state index in [-0.39, 0.29) is 20.6 Å². The van der Waals surface area contributed by atoms with Gasteiger partial charge in [0.25, 0.3) is 10.0 Å². The van der Waals surface area contributed by atoms with Gasteiger partial charge in [-0.3, -0.25) is 9.71 Å². The number of nitrogens with one attached hydrogen (secondary N) is 1. The van der Waals surface area contributed by atoms with Crippen LogP contribution in [-0.2, 0) is 10.0 Å². The van der Waals surface area contributed by atoms with Crippen LogP contribution in [0.15, 0.2) is 47.6 Å². The largest absolute Gasteiger partial charge is 0.276 e. The van der Waals surface area contributed by atoms with E-state index in [1.807, 2.05) is 0 Å². The SMILES string of the molecule is O=S(=O)(Nc1cnccc1Cl)c1ccccc1Cl. The van der Waals surface area contributed by atoms with E-state index < -0.39 is 10.0 Å². The number of halogens is 2. The lowest BCUT2D eigenvalue weighted by Gasteiger charge is -2.09. The number of hydrogen-bond acceptors (Lipinski definition) is 3. The molecule has 94 valence electrons. The molecule has 0 spiro atoms. The van der Waals surface area contributed by atoms with Crippen molar-refractivity contribution in [2.75, 3.05) is 4.72 Å². The number of rotatable bonds is 3. The first-order valence-electron chi connectivity index (χ1n) is 4.87. The first-order chi connectivity index (χ1) is 8.50. The molecule has 18 heavy (non-hydrogen) atoms. The predicted molar refractivity (Wildman–Crippen MR) is 71.5 cm³/mol. The molecule has 0 fully saturated rings. The third-order valence-electron chi connectivity index (χ3n) is 2.14. The fourth-order valence-corrected chi connectivity index (χ4v) is 3.11. The smallest absolute Gasteiger partial charge is 0.263 e. The summed E-state index contributed by atoms with van der Waals surface area (Å²) in [5.41, 5.74) is 0.207. The van der Waals surface area contributed by atoms with Crippen molar-refractivity contribution in [3.8, 4) is 0 Å². The lowest BCUT2D eigenvalue weighted by atomic mass is 10.4. The Morgan fingerprint density at radius 1 is 1.06 bits per heavy atom. The molecule has 0 radical (unpaired) electrons. The van der Waals surface area contributed by atoms with E-state index in [1.165, 1.54) is 30.6 Å². The first kappa shape index (κ1) is 13.1. The van der Waals surface area contributed by atoms with Crippen molar-refractivity contribution in [2.45, 2.75) is 4.90 Å². The third-order valence-corrected chi connectivity index (χ3v) is 4.33. The summed E-state index contributed by atoms with van der Waals surface area (Å²) >= 11 is 11.7. The minimum Gasteiger partial charge on any atom is -0.276 e. The van der Waals surface area contributed by atoms with Gasteiger partial charge in [0, 0.05) is 6.20 Å². The average molecular weight is 303 g/mol. The molecule has 1 aromatic heterocycles. The average Bonchev–Trinajstić information content (AvgIpc) is 2.32. The maximum atomic E-state index is 12.1. The van der Waals surface area contributed by atoms with E-state index in [4.69, 9.17) is 23.2 Å². The maximum Gasteiger partial charge on any atom is 0.263 e. The summed E-state index contributed by atoms with van der Waals surface area (Å²) in [4.78, 5) is 3.79. The monoisotopic (exact) mass is 302 g/mol. The minimum atomic E-state index is -3.77. The Morgan fingerprint density at radius 3 is 2.44 bits per heavy atom. The van der Waals surface area contributed by atoms with Crippen molar-refractivity contribution < 1.29 is 8.42 Å². The summed E-state index contributed by atoms with van der Waals surface area (Å²) in [5, 5.41) is 0.408. The lowest BCUT2D eigenvalue weighted by molar-refractivity contribution is 0.601. The second-order valence-corrected chi connectivity index (χ2v) is 5.86.